The van der Waals surface area contributed by atoms with Crippen molar-refractivity contribution in [2.45, 2.75) is 57.6 Å². The number of hydrogen-bond donors (Lipinski definition) is 1. The van der Waals surface area contributed by atoms with Crippen molar-refractivity contribution in [3.05, 3.63) is 35.9 Å². The van der Waals surface area contributed by atoms with Crippen LogP contribution in [-0.2, 0) is 25.6 Å². The van der Waals surface area contributed by atoms with E-state index in [4.69, 9.17) is 9.47 Å². The lowest BCUT2D eigenvalue weighted by Gasteiger charge is -2.30. The van der Waals surface area contributed by atoms with Crippen molar-refractivity contribution in [1.29, 1.82) is 0 Å². The molecule has 3 rings (SSSR count). The molecule has 6 nitrogen and oxygen atoms in total. The number of nitrogens with zero attached hydrogens (tertiary/aromatic N) is 1. The standard InChI is InChI=1S/C19H26N2O4/c1-2-3-4-8-11-20-18(22)16-17-19(23)21(13-15(24-16)25-17)12-14-9-6-5-7-10-14/h5-7,9-10,15-17H,2-4,8,11-13H2,1H3,(H,20,22)/t15-,16-,17-/m1/s1. The zero-order valence-corrected chi connectivity index (χ0v) is 14.6. The molecular formula is C19H26N2O4. The monoisotopic (exact) mass is 346 g/mol. The highest BCUT2D eigenvalue weighted by atomic mass is 16.7. The normalized spacial score (nSPS) is 25.2. The summed E-state index contributed by atoms with van der Waals surface area (Å²) >= 11 is 0. The zero-order valence-electron chi connectivity index (χ0n) is 14.6. The molecule has 0 aliphatic carbocycles. The highest BCUT2D eigenvalue weighted by Gasteiger charge is 2.50. The summed E-state index contributed by atoms with van der Waals surface area (Å²) in [6.07, 6.45) is 2.15. The van der Waals surface area contributed by atoms with E-state index in [1.54, 1.807) is 4.90 Å². The third-order valence-electron chi connectivity index (χ3n) is 4.60. The maximum atomic E-state index is 12.7. The Balaban J connectivity index is 1.54. The predicted octanol–water partition coefficient (Wildman–Crippen LogP) is 1.84. The topological polar surface area (TPSA) is 67.9 Å². The van der Waals surface area contributed by atoms with Crippen LogP contribution in [0, 0.1) is 0 Å². The molecule has 0 radical (unpaired) electrons. The number of unbranched alkanes of at least 4 members (excludes halogenated alkanes) is 3. The molecule has 2 heterocycles. The number of amides is 2. The SMILES string of the molecule is CCCCCCNC(=O)[C@@H]1O[C@H]2CN(Cc3ccccc3)C(=O)[C@@H]1O2. The van der Waals surface area contributed by atoms with Gasteiger partial charge in [-0.3, -0.25) is 9.59 Å². The summed E-state index contributed by atoms with van der Waals surface area (Å²) < 4.78 is 11.2. The number of ether oxygens (including phenoxy) is 2. The summed E-state index contributed by atoms with van der Waals surface area (Å²) in [7, 11) is 0. The molecule has 1 N–H and O–H groups in total. The summed E-state index contributed by atoms with van der Waals surface area (Å²) in [6, 6.07) is 9.79. The third-order valence-corrected chi connectivity index (χ3v) is 4.60. The molecule has 2 saturated heterocycles. The molecule has 2 aliphatic rings. The maximum Gasteiger partial charge on any atom is 0.255 e. The van der Waals surface area contributed by atoms with Gasteiger partial charge in [-0.05, 0) is 12.0 Å². The molecule has 1 aromatic rings. The Bertz CT molecular complexity index is 592. The van der Waals surface area contributed by atoms with Crippen molar-refractivity contribution in [2.75, 3.05) is 13.1 Å². The molecule has 2 bridgehead atoms. The molecule has 0 unspecified atom stereocenters. The van der Waals surface area contributed by atoms with Crippen molar-refractivity contribution < 1.29 is 19.1 Å². The quantitative estimate of drug-likeness (QED) is 0.729. The van der Waals surface area contributed by atoms with Crippen molar-refractivity contribution in [2.24, 2.45) is 0 Å². The van der Waals surface area contributed by atoms with E-state index in [2.05, 4.69) is 12.2 Å². The third kappa shape index (κ3) is 4.38. The van der Waals surface area contributed by atoms with E-state index in [9.17, 15) is 9.59 Å². The number of rotatable bonds is 8. The minimum absolute atomic E-state index is 0.177. The summed E-state index contributed by atoms with van der Waals surface area (Å²) in [5.74, 6) is -0.428. The molecule has 0 saturated carbocycles. The predicted molar refractivity (Wildman–Crippen MR) is 92.5 cm³/mol. The van der Waals surface area contributed by atoms with Crippen LogP contribution in [0.15, 0.2) is 30.3 Å². The van der Waals surface area contributed by atoms with Gasteiger partial charge in [-0.1, -0.05) is 56.5 Å². The minimum atomic E-state index is -0.843. The molecule has 0 aromatic heterocycles. The highest BCUT2D eigenvalue weighted by Crippen LogP contribution is 2.28. The van der Waals surface area contributed by atoms with Crippen molar-refractivity contribution >= 4 is 11.8 Å². The first-order valence-corrected chi connectivity index (χ1v) is 9.10. The lowest BCUT2D eigenvalue weighted by molar-refractivity contribution is -0.162. The maximum absolute atomic E-state index is 12.7. The Morgan fingerprint density at radius 3 is 2.76 bits per heavy atom. The minimum Gasteiger partial charge on any atom is -0.354 e. The average Bonchev–Trinajstić information content (AvgIpc) is 2.99. The molecule has 2 amide bonds. The fourth-order valence-corrected chi connectivity index (χ4v) is 3.23. The number of carbonyl (C=O) groups is 2. The number of nitrogens with one attached hydrogen (secondary N) is 1. The second-order valence-corrected chi connectivity index (χ2v) is 6.60. The van der Waals surface area contributed by atoms with Crippen LogP contribution in [0.25, 0.3) is 0 Å². The number of hydrogen-bond acceptors (Lipinski definition) is 4. The Morgan fingerprint density at radius 1 is 1.20 bits per heavy atom. The number of benzene rings is 1. The van der Waals surface area contributed by atoms with Crippen LogP contribution in [0.5, 0.6) is 0 Å². The smallest absolute Gasteiger partial charge is 0.255 e. The van der Waals surface area contributed by atoms with E-state index in [0.29, 0.717) is 19.6 Å². The van der Waals surface area contributed by atoms with Crippen molar-refractivity contribution in [1.82, 2.24) is 10.2 Å². The van der Waals surface area contributed by atoms with Gasteiger partial charge < -0.3 is 19.7 Å². The highest BCUT2D eigenvalue weighted by molar-refractivity contribution is 5.92. The Kier molecular flexibility index (Phi) is 6.04. The van der Waals surface area contributed by atoms with Gasteiger partial charge in [0.1, 0.15) is 0 Å². The zero-order chi connectivity index (χ0) is 17.6. The first-order chi connectivity index (χ1) is 12.2. The fourth-order valence-electron chi connectivity index (χ4n) is 3.23. The first-order valence-electron chi connectivity index (χ1n) is 9.10. The van der Waals surface area contributed by atoms with E-state index in [1.807, 2.05) is 30.3 Å². The van der Waals surface area contributed by atoms with Crippen molar-refractivity contribution in [3.8, 4) is 0 Å². The molecule has 25 heavy (non-hydrogen) atoms. The van der Waals surface area contributed by atoms with E-state index >= 15 is 0 Å². The van der Waals surface area contributed by atoms with Crippen LogP contribution >= 0.6 is 0 Å². The number of carbonyl (C=O) groups excluding carboxylic acids is 2. The Labute approximate surface area is 148 Å². The van der Waals surface area contributed by atoms with Crippen LogP contribution in [0.4, 0.5) is 0 Å². The van der Waals surface area contributed by atoms with E-state index < -0.39 is 18.5 Å². The van der Waals surface area contributed by atoms with E-state index in [1.165, 1.54) is 0 Å². The molecule has 3 atom stereocenters. The second-order valence-electron chi connectivity index (χ2n) is 6.60. The summed E-state index contributed by atoms with van der Waals surface area (Å²) in [6.45, 7) is 3.61. The fraction of sp³-hybridized carbons (Fsp3) is 0.579. The van der Waals surface area contributed by atoms with E-state index in [-0.39, 0.29) is 11.8 Å². The lowest BCUT2D eigenvalue weighted by Crippen LogP contribution is -2.51. The summed E-state index contributed by atoms with van der Waals surface area (Å²) in [5.41, 5.74) is 1.05. The lowest BCUT2D eigenvalue weighted by atomic mass is 10.1. The average molecular weight is 346 g/mol. The molecule has 6 heteroatoms. The molecular weight excluding hydrogens is 320 g/mol. The molecule has 1 aromatic carbocycles. The van der Waals surface area contributed by atoms with Crippen LogP contribution in [-0.4, -0.2) is 48.3 Å². The van der Waals surface area contributed by atoms with Gasteiger partial charge in [-0.15, -0.1) is 0 Å². The number of fused-ring (bicyclic) bond motifs is 2. The van der Waals surface area contributed by atoms with Gasteiger partial charge in [-0.25, -0.2) is 0 Å². The van der Waals surface area contributed by atoms with Gasteiger partial charge in [0.25, 0.3) is 11.8 Å². The van der Waals surface area contributed by atoms with E-state index in [0.717, 1.165) is 31.2 Å². The molecule has 136 valence electrons. The summed E-state index contributed by atoms with van der Waals surface area (Å²) in [4.78, 5) is 26.7. The molecule has 2 fully saturated rings. The Morgan fingerprint density at radius 2 is 2.00 bits per heavy atom. The Hall–Kier alpha value is -1.92. The van der Waals surface area contributed by atoms with Crippen LogP contribution in [0.1, 0.15) is 38.2 Å². The van der Waals surface area contributed by atoms with Gasteiger partial charge in [0, 0.05) is 13.1 Å². The molecule has 0 spiro atoms. The van der Waals surface area contributed by atoms with Gasteiger partial charge in [0.05, 0.1) is 6.54 Å². The van der Waals surface area contributed by atoms with Gasteiger partial charge in [0.15, 0.2) is 18.5 Å². The van der Waals surface area contributed by atoms with Crippen LogP contribution in [0.3, 0.4) is 0 Å². The largest absolute Gasteiger partial charge is 0.354 e. The first kappa shape index (κ1) is 17.9. The second kappa shape index (κ2) is 8.45. The molecule has 2 aliphatic heterocycles. The van der Waals surface area contributed by atoms with Gasteiger partial charge in [0.2, 0.25) is 0 Å². The number of morpholine rings is 1. The van der Waals surface area contributed by atoms with Crippen molar-refractivity contribution in [3.63, 3.8) is 0 Å². The van der Waals surface area contributed by atoms with Gasteiger partial charge >= 0.3 is 0 Å². The van der Waals surface area contributed by atoms with Gasteiger partial charge in [-0.2, -0.15) is 0 Å². The van der Waals surface area contributed by atoms with Crippen LogP contribution in [0.2, 0.25) is 0 Å². The summed E-state index contributed by atoms with van der Waals surface area (Å²) in [5, 5.41) is 2.87. The van der Waals surface area contributed by atoms with Crippen LogP contribution < -0.4 is 5.32 Å².